The molecule has 0 aromatic heterocycles. The van der Waals surface area contributed by atoms with Gasteiger partial charge in [0.2, 0.25) is 0 Å². The van der Waals surface area contributed by atoms with Crippen LogP contribution in [0, 0.1) is 13.8 Å². The predicted octanol–water partition coefficient (Wildman–Crippen LogP) is 3.91. The minimum Gasteiger partial charge on any atom is -0.506 e. The zero-order valence-corrected chi connectivity index (χ0v) is 11.5. The highest BCUT2D eigenvalue weighted by molar-refractivity contribution is 6.32. The molecule has 0 fully saturated rings. The van der Waals surface area contributed by atoms with Crippen molar-refractivity contribution in [1.82, 2.24) is 0 Å². The highest BCUT2D eigenvalue weighted by atomic mass is 35.5. The first-order valence-corrected chi connectivity index (χ1v) is 6.23. The fourth-order valence-electron chi connectivity index (χ4n) is 1.78. The number of aryl methyl sites for hydroxylation is 1. The van der Waals surface area contributed by atoms with Gasteiger partial charge >= 0.3 is 0 Å². The van der Waals surface area contributed by atoms with Crippen LogP contribution in [-0.2, 0) is 0 Å². The standard InChI is InChI=1S/C15H14ClNO2/c1-9-4-3-5-12(10(9)2)15(19)17-11-6-7-14(18)13(16)8-11/h3-8,18H,1-2H3,(H,17,19). The first-order chi connectivity index (χ1) is 8.99. The molecule has 19 heavy (non-hydrogen) atoms. The second kappa shape index (κ2) is 5.33. The molecule has 0 aliphatic carbocycles. The first kappa shape index (κ1) is 13.4. The molecule has 0 spiro atoms. The minimum atomic E-state index is -0.192. The Kier molecular flexibility index (Phi) is 3.76. The third kappa shape index (κ3) is 2.88. The Bertz CT molecular complexity index is 638. The van der Waals surface area contributed by atoms with Crippen molar-refractivity contribution in [1.29, 1.82) is 0 Å². The van der Waals surface area contributed by atoms with Crippen LogP contribution >= 0.6 is 11.6 Å². The van der Waals surface area contributed by atoms with Crippen LogP contribution in [0.3, 0.4) is 0 Å². The molecule has 0 bridgehead atoms. The lowest BCUT2D eigenvalue weighted by molar-refractivity contribution is 0.102. The number of carbonyl (C=O) groups is 1. The van der Waals surface area contributed by atoms with Crippen molar-refractivity contribution in [2.24, 2.45) is 0 Å². The van der Waals surface area contributed by atoms with Crippen molar-refractivity contribution >= 4 is 23.2 Å². The number of anilines is 1. The SMILES string of the molecule is Cc1cccc(C(=O)Nc2ccc(O)c(Cl)c2)c1C. The number of hydrogen-bond acceptors (Lipinski definition) is 2. The second-order valence-corrected chi connectivity index (χ2v) is 4.77. The van der Waals surface area contributed by atoms with E-state index in [2.05, 4.69) is 5.32 Å². The summed E-state index contributed by atoms with van der Waals surface area (Å²) in [5, 5.41) is 12.3. The number of halogens is 1. The van der Waals surface area contributed by atoms with Gasteiger partial charge in [0.1, 0.15) is 5.75 Å². The van der Waals surface area contributed by atoms with Crippen LogP contribution in [0.5, 0.6) is 5.75 Å². The fourth-order valence-corrected chi connectivity index (χ4v) is 1.96. The van der Waals surface area contributed by atoms with E-state index in [4.69, 9.17) is 11.6 Å². The molecule has 3 nitrogen and oxygen atoms in total. The second-order valence-electron chi connectivity index (χ2n) is 4.37. The molecule has 2 aromatic carbocycles. The molecule has 0 aliphatic rings. The summed E-state index contributed by atoms with van der Waals surface area (Å²) >= 11 is 5.80. The van der Waals surface area contributed by atoms with Gasteiger partial charge in [-0.25, -0.2) is 0 Å². The van der Waals surface area contributed by atoms with Crippen molar-refractivity contribution in [3.8, 4) is 5.75 Å². The summed E-state index contributed by atoms with van der Waals surface area (Å²) in [4.78, 5) is 12.2. The molecule has 0 aliphatic heterocycles. The number of carbonyl (C=O) groups excluding carboxylic acids is 1. The lowest BCUT2D eigenvalue weighted by Gasteiger charge is -2.10. The van der Waals surface area contributed by atoms with Gasteiger partial charge in [0.05, 0.1) is 5.02 Å². The maximum Gasteiger partial charge on any atom is 0.255 e. The highest BCUT2D eigenvalue weighted by Crippen LogP contribution is 2.26. The average Bonchev–Trinajstić information content (AvgIpc) is 2.37. The molecule has 0 atom stereocenters. The molecular weight excluding hydrogens is 262 g/mol. The van der Waals surface area contributed by atoms with Crippen LogP contribution in [0.1, 0.15) is 21.5 Å². The highest BCUT2D eigenvalue weighted by Gasteiger charge is 2.11. The van der Waals surface area contributed by atoms with Gasteiger partial charge in [-0.1, -0.05) is 23.7 Å². The maximum absolute atomic E-state index is 12.2. The summed E-state index contributed by atoms with van der Waals surface area (Å²) in [5.74, 6) is -0.200. The van der Waals surface area contributed by atoms with Crippen LogP contribution < -0.4 is 5.32 Å². The Morgan fingerprint density at radius 3 is 2.63 bits per heavy atom. The smallest absolute Gasteiger partial charge is 0.255 e. The number of hydrogen-bond donors (Lipinski definition) is 2. The van der Waals surface area contributed by atoms with Crippen LogP contribution in [0.2, 0.25) is 5.02 Å². The van der Waals surface area contributed by atoms with Crippen molar-refractivity contribution in [3.63, 3.8) is 0 Å². The summed E-state index contributed by atoms with van der Waals surface area (Å²) in [6.45, 7) is 3.87. The molecule has 2 rings (SSSR count). The Morgan fingerprint density at radius 1 is 1.21 bits per heavy atom. The van der Waals surface area contributed by atoms with E-state index in [-0.39, 0.29) is 16.7 Å². The molecule has 1 amide bonds. The number of phenols is 1. The van der Waals surface area contributed by atoms with Crippen LogP contribution in [0.15, 0.2) is 36.4 Å². The monoisotopic (exact) mass is 275 g/mol. The summed E-state index contributed by atoms with van der Waals surface area (Å²) in [7, 11) is 0. The predicted molar refractivity (Wildman–Crippen MR) is 77.0 cm³/mol. The van der Waals surface area contributed by atoms with Crippen LogP contribution in [0.4, 0.5) is 5.69 Å². The summed E-state index contributed by atoms with van der Waals surface area (Å²) in [6.07, 6.45) is 0. The van der Waals surface area contributed by atoms with Gasteiger partial charge in [0, 0.05) is 11.3 Å². The molecular formula is C15H14ClNO2. The minimum absolute atomic E-state index is 0.00796. The van der Waals surface area contributed by atoms with Gasteiger partial charge in [-0.2, -0.15) is 0 Å². The third-order valence-electron chi connectivity index (χ3n) is 3.05. The number of benzene rings is 2. The Labute approximate surface area is 116 Å². The Hall–Kier alpha value is -2.00. The topological polar surface area (TPSA) is 49.3 Å². The summed E-state index contributed by atoms with van der Waals surface area (Å²) in [6, 6.07) is 10.1. The fraction of sp³-hybridized carbons (Fsp3) is 0.133. The van der Waals surface area contributed by atoms with Gasteiger partial charge in [-0.05, 0) is 49.2 Å². The van der Waals surface area contributed by atoms with Crippen molar-refractivity contribution < 1.29 is 9.90 Å². The van der Waals surface area contributed by atoms with E-state index in [1.165, 1.54) is 12.1 Å². The van der Waals surface area contributed by atoms with Crippen molar-refractivity contribution in [3.05, 3.63) is 58.1 Å². The molecule has 2 aromatic rings. The van der Waals surface area contributed by atoms with E-state index in [1.807, 2.05) is 26.0 Å². The Morgan fingerprint density at radius 2 is 1.95 bits per heavy atom. The Balaban J connectivity index is 2.26. The zero-order chi connectivity index (χ0) is 14.0. The average molecular weight is 276 g/mol. The number of phenolic OH excluding ortho intramolecular Hbond substituents is 1. The van der Waals surface area contributed by atoms with E-state index in [1.54, 1.807) is 12.1 Å². The number of nitrogens with one attached hydrogen (secondary N) is 1. The lowest BCUT2D eigenvalue weighted by atomic mass is 10.0. The molecule has 2 N–H and O–H groups in total. The number of rotatable bonds is 2. The van der Waals surface area contributed by atoms with Gasteiger partial charge in [-0.15, -0.1) is 0 Å². The molecule has 0 radical (unpaired) electrons. The van der Waals surface area contributed by atoms with Crippen molar-refractivity contribution in [2.45, 2.75) is 13.8 Å². The molecule has 0 heterocycles. The number of aromatic hydroxyl groups is 1. The summed E-state index contributed by atoms with van der Waals surface area (Å²) in [5.41, 5.74) is 3.19. The van der Waals surface area contributed by atoms with Crippen molar-refractivity contribution in [2.75, 3.05) is 5.32 Å². The molecule has 4 heteroatoms. The van der Waals surface area contributed by atoms with Gasteiger partial charge in [-0.3, -0.25) is 4.79 Å². The molecule has 0 saturated heterocycles. The van der Waals surface area contributed by atoms with E-state index in [0.717, 1.165) is 11.1 Å². The molecule has 98 valence electrons. The normalized spacial score (nSPS) is 10.3. The first-order valence-electron chi connectivity index (χ1n) is 5.85. The van der Waals surface area contributed by atoms with E-state index in [0.29, 0.717) is 11.3 Å². The largest absolute Gasteiger partial charge is 0.506 e. The van der Waals surface area contributed by atoms with Gasteiger partial charge in [0.15, 0.2) is 0 Å². The quantitative estimate of drug-likeness (QED) is 0.816. The molecule has 0 saturated carbocycles. The lowest BCUT2D eigenvalue weighted by Crippen LogP contribution is -2.13. The third-order valence-corrected chi connectivity index (χ3v) is 3.36. The maximum atomic E-state index is 12.2. The zero-order valence-electron chi connectivity index (χ0n) is 10.7. The van der Waals surface area contributed by atoms with E-state index < -0.39 is 0 Å². The van der Waals surface area contributed by atoms with Gasteiger partial charge < -0.3 is 10.4 Å². The van der Waals surface area contributed by atoms with E-state index >= 15 is 0 Å². The van der Waals surface area contributed by atoms with Crippen LogP contribution in [-0.4, -0.2) is 11.0 Å². The van der Waals surface area contributed by atoms with E-state index in [9.17, 15) is 9.90 Å². The van der Waals surface area contributed by atoms with Gasteiger partial charge in [0.25, 0.3) is 5.91 Å². The summed E-state index contributed by atoms with van der Waals surface area (Å²) < 4.78 is 0. The van der Waals surface area contributed by atoms with Crippen LogP contribution in [0.25, 0.3) is 0 Å². The number of amides is 1. The molecule has 0 unspecified atom stereocenters.